The van der Waals surface area contributed by atoms with Gasteiger partial charge in [-0.25, -0.2) is 13.1 Å². The van der Waals surface area contributed by atoms with Gasteiger partial charge in [-0.05, 0) is 42.7 Å². The summed E-state index contributed by atoms with van der Waals surface area (Å²) in [6.07, 6.45) is 0. The molecule has 0 unspecified atom stereocenters. The molecule has 0 radical (unpaired) electrons. The Hall–Kier alpha value is -1.85. The summed E-state index contributed by atoms with van der Waals surface area (Å²) in [5.74, 6) is 0.360. The van der Waals surface area contributed by atoms with Gasteiger partial charge in [0.05, 0.1) is 7.11 Å². The Balaban J connectivity index is 2.29. The van der Waals surface area contributed by atoms with Crippen molar-refractivity contribution in [1.82, 2.24) is 4.72 Å². The molecule has 0 spiro atoms. The topological polar surface area (TPSA) is 55.4 Å². The molecule has 2 aromatic rings. The summed E-state index contributed by atoms with van der Waals surface area (Å²) in [4.78, 5) is 0.170. The summed E-state index contributed by atoms with van der Waals surface area (Å²) >= 11 is 0. The van der Waals surface area contributed by atoms with Crippen molar-refractivity contribution in [1.29, 1.82) is 0 Å². The summed E-state index contributed by atoms with van der Waals surface area (Å²) < 4.78 is 32.7. The highest BCUT2D eigenvalue weighted by Gasteiger charge is 2.20. The van der Waals surface area contributed by atoms with Gasteiger partial charge in [-0.2, -0.15) is 0 Å². The fourth-order valence-electron chi connectivity index (χ4n) is 1.98. The second kappa shape index (κ2) is 6.28. The number of hydrogen-bond donors (Lipinski definition) is 1. The third-order valence-electron chi connectivity index (χ3n) is 3.38. The van der Waals surface area contributed by atoms with E-state index >= 15 is 0 Å². The van der Waals surface area contributed by atoms with Gasteiger partial charge in [0.25, 0.3) is 0 Å². The van der Waals surface area contributed by atoms with Gasteiger partial charge in [-0.1, -0.05) is 30.3 Å². The second-order valence-electron chi connectivity index (χ2n) is 4.90. The number of hydrogen-bond acceptors (Lipinski definition) is 3. The first-order chi connectivity index (χ1) is 9.94. The third-order valence-corrected chi connectivity index (χ3v) is 4.80. The Morgan fingerprint density at radius 3 is 2.29 bits per heavy atom. The van der Waals surface area contributed by atoms with Crippen molar-refractivity contribution in [2.24, 2.45) is 0 Å². The van der Waals surface area contributed by atoms with Gasteiger partial charge in [0.15, 0.2) is 0 Å². The van der Waals surface area contributed by atoms with Gasteiger partial charge in [-0.15, -0.1) is 0 Å². The van der Waals surface area contributed by atoms with Crippen molar-refractivity contribution >= 4 is 10.0 Å². The molecule has 2 rings (SSSR count). The molecule has 0 aliphatic heterocycles. The van der Waals surface area contributed by atoms with Crippen LogP contribution < -0.4 is 9.46 Å². The fraction of sp³-hybridized carbons (Fsp3) is 0.250. The molecule has 0 bridgehead atoms. The van der Waals surface area contributed by atoms with Crippen molar-refractivity contribution < 1.29 is 13.2 Å². The van der Waals surface area contributed by atoms with Crippen LogP contribution in [0.5, 0.6) is 5.75 Å². The monoisotopic (exact) mass is 305 g/mol. The molecule has 1 N–H and O–H groups in total. The Bertz CT molecular complexity index is 725. The average Bonchev–Trinajstić information content (AvgIpc) is 2.48. The lowest BCUT2D eigenvalue weighted by Crippen LogP contribution is -2.24. The van der Waals surface area contributed by atoms with Crippen LogP contribution in [0.3, 0.4) is 0 Å². The van der Waals surface area contributed by atoms with Crippen molar-refractivity contribution in [2.45, 2.75) is 25.3 Å². The summed E-state index contributed by atoms with van der Waals surface area (Å²) in [5.41, 5.74) is 2.81. The highest BCUT2D eigenvalue weighted by Crippen LogP contribution is 2.27. The van der Waals surface area contributed by atoms with E-state index in [-0.39, 0.29) is 11.4 Å². The quantitative estimate of drug-likeness (QED) is 0.924. The van der Waals surface area contributed by atoms with Gasteiger partial charge >= 0.3 is 0 Å². The van der Waals surface area contributed by atoms with Crippen LogP contribution >= 0.6 is 0 Å². The molecule has 0 saturated heterocycles. The number of ether oxygens (including phenoxy) is 1. The zero-order chi connectivity index (χ0) is 15.5. The molecule has 0 aliphatic rings. The maximum absolute atomic E-state index is 12.5. The van der Waals surface area contributed by atoms with Crippen molar-refractivity contribution in [3.63, 3.8) is 0 Å². The second-order valence-corrected chi connectivity index (χ2v) is 6.63. The number of nitrogens with one attached hydrogen (secondary N) is 1. The predicted molar refractivity (Wildman–Crippen MR) is 82.9 cm³/mol. The first kappa shape index (κ1) is 15.5. The number of rotatable bonds is 5. The molecule has 0 aliphatic carbocycles. The zero-order valence-corrected chi connectivity index (χ0v) is 13.2. The van der Waals surface area contributed by atoms with Gasteiger partial charge in [0, 0.05) is 6.54 Å². The molecular weight excluding hydrogens is 286 g/mol. The molecule has 5 heteroatoms. The first-order valence-corrected chi connectivity index (χ1v) is 8.11. The zero-order valence-electron chi connectivity index (χ0n) is 12.4. The molecule has 112 valence electrons. The van der Waals surface area contributed by atoms with Crippen LogP contribution in [0.15, 0.2) is 47.4 Å². The molecule has 0 amide bonds. The highest BCUT2D eigenvalue weighted by atomic mass is 32.2. The standard InChI is InChI=1S/C16H19NO3S/c1-12-9-15(20-3)16(10-13(12)2)21(18,19)17-11-14-7-5-4-6-8-14/h4-10,17H,11H2,1-3H3. The number of methoxy groups -OCH3 is 1. The van der Waals surface area contributed by atoms with E-state index in [1.165, 1.54) is 7.11 Å². The molecular formula is C16H19NO3S. The summed E-state index contributed by atoms with van der Waals surface area (Å²) in [5, 5.41) is 0. The normalized spacial score (nSPS) is 11.4. The van der Waals surface area contributed by atoms with E-state index in [1.807, 2.05) is 44.2 Å². The van der Waals surface area contributed by atoms with Crippen LogP contribution in [0.25, 0.3) is 0 Å². The van der Waals surface area contributed by atoms with E-state index < -0.39 is 10.0 Å². The maximum atomic E-state index is 12.5. The predicted octanol–water partition coefficient (Wildman–Crippen LogP) is 2.79. The summed E-state index contributed by atoms with van der Waals surface area (Å²) in [6, 6.07) is 12.8. The highest BCUT2D eigenvalue weighted by molar-refractivity contribution is 7.89. The van der Waals surface area contributed by atoms with E-state index in [4.69, 9.17) is 4.74 Å². The molecule has 0 atom stereocenters. The fourth-order valence-corrected chi connectivity index (χ4v) is 3.24. The number of benzene rings is 2. The van der Waals surface area contributed by atoms with E-state index in [0.717, 1.165) is 16.7 Å². The van der Waals surface area contributed by atoms with E-state index in [9.17, 15) is 8.42 Å². The van der Waals surface area contributed by atoms with Crippen LogP contribution in [0, 0.1) is 13.8 Å². The smallest absolute Gasteiger partial charge is 0.244 e. The largest absolute Gasteiger partial charge is 0.495 e. The Morgan fingerprint density at radius 1 is 1.05 bits per heavy atom. The van der Waals surface area contributed by atoms with Crippen LogP contribution in [0.1, 0.15) is 16.7 Å². The molecule has 4 nitrogen and oxygen atoms in total. The van der Waals surface area contributed by atoms with Crippen LogP contribution in [-0.4, -0.2) is 15.5 Å². The lowest BCUT2D eigenvalue weighted by atomic mass is 10.1. The molecule has 21 heavy (non-hydrogen) atoms. The number of sulfonamides is 1. The lowest BCUT2D eigenvalue weighted by molar-refractivity contribution is 0.402. The number of aryl methyl sites for hydroxylation is 2. The minimum Gasteiger partial charge on any atom is -0.495 e. The van der Waals surface area contributed by atoms with Gasteiger partial charge in [-0.3, -0.25) is 0 Å². The van der Waals surface area contributed by atoms with E-state index in [1.54, 1.807) is 12.1 Å². The van der Waals surface area contributed by atoms with Crippen molar-refractivity contribution in [3.05, 3.63) is 59.2 Å². The van der Waals surface area contributed by atoms with Gasteiger partial charge in [0.1, 0.15) is 10.6 Å². The first-order valence-electron chi connectivity index (χ1n) is 6.63. The molecule has 0 aromatic heterocycles. The molecule has 0 heterocycles. The van der Waals surface area contributed by atoms with Crippen LogP contribution in [0.2, 0.25) is 0 Å². The van der Waals surface area contributed by atoms with Gasteiger partial charge < -0.3 is 4.74 Å². The van der Waals surface area contributed by atoms with Crippen LogP contribution in [-0.2, 0) is 16.6 Å². The molecule has 2 aromatic carbocycles. The maximum Gasteiger partial charge on any atom is 0.244 e. The van der Waals surface area contributed by atoms with E-state index in [2.05, 4.69) is 4.72 Å². The molecule has 0 fully saturated rings. The van der Waals surface area contributed by atoms with Crippen molar-refractivity contribution in [2.75, 3.05) is 7.11 Å². The summed E-state index contributed by atoms with van der Waals surface area (Å²) in [7, 11) is -2.14. The molecule has 0 saturated carbocycles. The SMILES string of the molecule is COc1cc(C)c(C)cc1S(=O)(=O)NCc1ccccc1. The Kier molecular flexibility index (Phi) is 4.65. The van der Waals surface area contributed by atoms with Crippen LogP contribution in [0.4, 0.5) is 0 Å². The van der Waals surface area contributed by atoms with Gasteiger partial charge in [0.2, 0.25) is 10.0 Å². The minimum atomic E-state index is -3.62. The van der Waals surface area contributed by atoms with Crippen molar-refractivity contribution in [3.8, 4) is 5.75 Å². The summed E-state index contributed by atoms with van der Waals surface area (Å²) in [6.45, 7) is 4.05. The Morgan fingerprint density at radius 2 is 1.67 bits per heavy atom. The minimum absolute atomic E-state index is 0.170. The Labute approximate surface area is 125 Å². The van der Waals surface area contributed by atoms with E-state index in [0.29, 0.717) is 5.75 Å². The average molecular weight is 305 g/mol. The lowest BCUT2D eigenvalue weighted by Gasteiger charge is -2.13. The third kappa shape index (κ3) is 3.62.